The van der Waals surface area contributed by atoms with Crippen molar-refractivity contribution in [3.05, 3.63) is 34.6 Å². The average Bonchev–Trinajstić information content (AvgIpc) is 2.81. The van der Waals surface area contributed by atoms with E-state index in [1.165, 1.54) is 36.3 Å². The van der Waals surface area contributed by atoms with Crippen LogP contribution in [0.4, 0.5) is 5.69 Å². The number of nitro groups is 1. The summed E-state index contributed by atoms with van der Waals surface area (Å²) in [7, 11) is 1.42. The van der Waals surface area contributed by atoms with Crippen molar-refractivity contribution in [1.82, 2.24) is 20.2 Å². The summed E-state index contributed by atoms with van der Waals surface area (Å²) >= 11 is 0. The molecule has 0 N–H and O–H groups in total. The molecule has 0 bridgehead atoms. The van der Waals surface area contributed by atoms with E-state index in [-0.39, 0.29) is 5.69 Å². The number of methoxy groups -OCH3 is 1. The first-order valence-corrected chi connectivity index (χ1v) is 4.28. The fraction of sp³-hybridized carbons (Fsp3) is 0.125. The smallest absolute Gasteiger partial charge is 0.273 e. The van der Waals surface area contributed by atoms with Crippen molar-refractivity contribution >= 4 is 5.69 Å². The molecule has 0 fully saturated rings. The zero-order valence-electron chi connectivity index (χ0n) is 8.27. The van der Waals surface area contributed by atoms with E-state index in [4.69, 9.17) is 4.74 Å². The summed E-state index contributed by atoms with van der Waals surface area (Å²) in [5.74, 6) is 0.335. The monoisotopic (exact) mass is 221 g/mol. The van der Waals surface area contributed by atoms with Gasteiger partial charge in [-0.2, -0.15) is 4.68 Å². The summed E-state index contributed by atoms with van der Waals surface area (Å²) < 4.78 is 6.40. The summed E-state index contributed by atoms with van der Waals surface area (Å²) in [5, 5.41) is 21.2. The van der Waals surface area contributed by atoms with E-state index in [1.807, 2.05) is 0 Å². The second kappa shape index (κ2) is 3.93. The topological polar surface area (TPSA) is 96.0 Å². The minimum atomic E-state index is -0.494. The molecule has 0 atom stereocenters. The van der Waals surface area contributed by atoms with Crippen molar-refractivity contribution in [2.75, 3.05) is 7.11 Å². The Balaban J connectivity index is 2.51. The molecule has 1 aromatic carbocycles. The van der Waals surface area contributed by atoms with Crippen LogP contribution in [0.1, 0.15) is 0 Å². The zero-order valence-corrected chi connectivity index (χ0v) is 8.27. The van der Waals surface area contributed by atoms with Crippen molar-refractivity contribution in [3.8, 4) is 11.4 Å². The van der Waals surface area contributed by atoms with E-state index in [0.717, 1.165) is 0 Å². The number of ether oxygens (including phenoxy) is 1. The molecule has 0 saturated carbocycles. The molecule has 2 aromatic rings. The molecule has 0 unspecified atom stereocenters. The summed E-state index contributed by atoms with van der Waals surface area (Å²) in [6, 6.07) is 4.20. The van der Waals surface area contributed by atoms with Crippen LogP contribution in [0.25, 0.3) is 5.69 Å². The van der Waals surface area contributed by atoms with Gasteiger partial charge in [0, 0.05) is 6.07 Å². The van der Waals surface area contributed by atoms with Crippen LogP contribution in [0.5, 0.6) is 5.75 Å². The van der Waals surface area contributed by atoms with Crippen molar-refractivity contribution in [3.63, 3.8) is 0 Å². The number of non-ortho nitro benzene ring substituents is 1. The average molecular weight is 221 g/mol. The molecule has 0 aliphatic heterocycles. The lowest BCUT2D eigenvalue weighted by Crippen LogP contribution is -2.00. The van der Waals surface area contributed by atoms with Gasteiger partial charge in [-0.15, -0.1) is 5.10 Å². The highest BCUT2D eigenvalue weighted by atomic mass is 16.6. The number of rotatable bonds is 3. The van der Waals surface area contributed by atoms with Crippen molar-refractivity contribution in [2.45, 2.75) is 0 Å². The third-order valence-electron chi connectivity index (χ3n) is 1.97. The molecule has 0 aliphatic carbocycles. The Bertz CT molecular complexity index is 510. The normalized spacial score (nSPS) is 10.1. The maximum atomic E-state index is 10.6. The molecule has 0 saturated heterocycles. The number of nitro benzene ring substituents is 1. The van der Waals surface area contributed by atoms with Crippen LogP contribution in [-0.2, 0) is 0 Å². The number of hydrogen-bond donors (Lipinski definition) is 0. The molecule has 1 aromatic heterocycles. The van der Waals surface area contributed by atoms with Crippen LogP contribution in [0.3, 0.4) is 0 Å². The number of nitrogens with zero attached hydrogens (tertiary/aromatic N) is 5. The highest BCUT2D eigenvalue weighted by Crippen LogP contribution is 2.26. The van der Waals surface area contributed by atoms with Gasteiger partial charge in [-0.05, 0) is 16.5 Å². The first-order valence-electron chi connectivity index (χ1n) is 4.28. The van der Waals surface area contributed by atoms with Crippen LogP contribution in [0.2, 0.25) is 0 Å². The van der Waals surface area contributed by atoms with Gasteiger partial charge in [0.15, 0.2) is 5.75 Å². The Morgan fingerprint density at radius 1 is 1.50 bits per heavy atom. The van der Waals surface area contributed by atoms with E-state index in [9.17, 15) is 10.1 Å². The third-order valence-corrected chi connectivity index (χ3v) is 1.97. The standard InChI is InChI=1S/C8H7N5O3/c1-16-8-4-6(13(14)15)2-3-7(8)12-5-9-10-11-12/h2-5H,1H3. The lowest BCUT2D eigenvalue weighted by atomic mass is 10.2. The van der Waals surface area contributed by atoms with Gasteiger partial charge in [-0.1, -0.05) is 0 Å². The quantitative estimate of drug-likeness (QED) is 0.555. The molecule has 2 rings (SSSR count). The molecule has 0 spiro atoms. The Kier molecular flexibility index (Phi) is 2.46. The molecule has 0 aliphatic rings. The fourth-order valence-corrected chi connectivity index (χ4v) is 1.24. The summed E-state index contributed by atoms with van der Waals surface area (Å²) in [4.78, 5) is 10.1. The van der Waals surface area contributed by atoms with Gasteiger partial charge < -0.3 is 4.74 Å². The molecule has 0 amide bonds. The summed E-state index contributed by atoms with van der Waals surface area (Å²) in [6.07, 6.45) is 1.38. The van der Waals surface area contributed by atoms with Gasteiger partial charge in [-0.25, -0.2) is 0 Å². The highest BCUT2D eigenvalue weighted by molar-refractivity contribution is 5.52. The van der Waals surface area contributed by atoms with E-state index in [1.54, 1.807) is 0 Å². The van der Waals surface area contributed by atoms with Gasteiger partial charge in [0.25, 0.3) is 5.69 Å². The number of tetrazole rings is 1. The highest BCUT2D eigenvalue weighted by Gasteiger charge is 2.13. The lowest BCUT2D eigenvalue weighted by Gasteiger charge is -2.06. The van der Waals surface area contributed by atoms with Crippen LogP contribution >= 0.6 is 0 Å². The van der Waals surface area contributed by atoms with Crippen LogP contribution in [-0.4, -0.2) is 32.2 Å². The van der Waals surface area contributed by atoms with Crippen molar-refractivity contribution < 1.29 is 9.66 Å². The summed E-state index contributed by atoms with van der Waals surface area (Å²) in [6.45, 7) is 0. The predicted molar refractivity (Wildman–Crippen MR) is 52.4 cm³/mol. The van der Waals surface area contributed by atoms with Crippen molar-refractivity contribution in [2.24, 2.45) is 0 Å². The molecule has 8 heteroatoms. The zero-order chi connectivity index (χ0) is 11.5. The Labute approximate surface area is 89.6 Å². The fourth-order valence-electron chi connectivity index (χ4n) is 1.24. The van der Waals surface area contributed by atoms with E-state index in [0.29, 0.717) is 11.4 Å². The molecular formula is C8H7N5O3. The minimum Gasteiger partial charge on any atom is -0.494 e. The number of benzene rings is 1. The van der Waals surface area contributed by atoms with Gasteiger partial charge in [0.05, 0.1) is 18.1 Å². The Morgan fingerprint density at radius 3 is 2.88 bits per heavy atom. The minimum absolute atomic E-state index is 0.0475. The molecular weight excluding hydrogens is 214 g/mol. The SMILES string of the molecule is COc1cc([N+](=O)[O-])ccc1-n1cnnn1. The number of aromatic nitrogens is 4. The first-order chi connectivity index (χ1) is 7.72. The Hall–Kier alpha value is -2.51. The van der Waals surface area contributed by atoms with Crippen LogP contribution in [0.15, 0.2) is 24.5 Å². The van der Waals surface area contributed by atoms with Crippen LogP contribution < -0.4 is 4.74 Å². The molecule has 1 heterocycles. The lowest BCUT2D eigenvalue weighted by molar-refractivity contribution is -0.384. The van der Waals surface area contributed by atoms with E-state index in [2.05, 4.69) is 15.5 Å². The predicted octanol–water partition coefficient (Wildman–Crippen LogP) is 0.579. The third kappa shape index (κ3) is 1.67. The molecule has 8 nitrogen and oxygen atoms in total. The molecule has 16 heavy (non-hydrogen) atoms. The molecule has 0 radical (unpaired) electrons. The first kappa shape index (κ1) is 10.0. The van der Waals surface area contributed by atoms with Crippen molar-refractivity contribution in [1.29, 1.82) is 0 Å². The maximum Gasteiger partial charge on any atom is 0.273 e. The van der Waals surface area contributed by atoms with Gasteiger partial charge >= 0.3 is 0 Å². The van der Waals surface area contributed by atoms with Gasteiger partial charge in [0.2, 0.25) is 0 Å². The maximum absolute atomic E-state index is 10.6. The second-order valence-electron chi connectivity index (χ2n) is 2.87. The molecule has 82 valence electrons. The van der Waals surface area contributed by atoms with Crippen LogP contribution in [0, 0.1) is 10.1 Å². The second-order valence-corrected chi connectivity index (χ2v) is 2.87. The van der Waals surface area contributed by atoms with E-state index < -0.39 is 4.92 Å². The largest absolute Gasteiger partial charge is 0.494 e. The van der Waals surface area contributed by atoms with Gasteiger partial charge in [0.1, 0.15) is 12.0 Å². The number of hydrogen-bond acceptors (Lipinski definition) is 6. The summed E-state index contributed by atoms with van der Waals surface area (Å²) in [5.41, 5.74) is 0.492. The Morgan fingerprint density at radius 2 is 2.31 bits per heavy atom. The van der Waals surface area contributed by atoms with E-state index >= 15 is 0 Å². The van der Waals surface area contributed by atoms with Gasteiger partial charge in [-0.3, -0.25) is 10.1 Å².